The zero-order valence-electron chi connectivity index (χ0n) is 11.6. The average molecular weight is 285 g/mol. The molecule has 0 atom stereocenters. The highest BCUT2D eigenvalue weighted by Crippen LogP contribution is 2.22. The number of amides is 1. The Morgan fingerprint density at radius 1 is 1.38 bits per heavy atom. The lowest BCUT2D eigenvalue weighted by Crippen LogP contribution is -2.33. The van der Waals surface area contributed by atoms with Crippen molar-refractivity contribution in [3.05, 3.63) is 46.8 Å². The summed E-state index contributed by atoms with van der Waals surface area (Å²) in [4.78, 5) is 23.8. The van der Waals surface area contributed by atoms with Gasteiger partial charge in [-0.15, -0.1) is 0 Å². The standard InChI is InChI=1S/C15H15N3O3/c1-9(20)13-12-6-7-16-15(21)14(12)18(17-13)11-4-2-10(8-19)3-5-11/h2-5,19H,6-8H2,1H3,(H,16,21). The van der Waals surface area contributed by atoms with Crippen LogP contribution in [0.5, 0.6) is 0 Å². The Bertz CT molecular complexity index is 717. The number of hydrogen-bond donors (Lipinski definition) is 2. The molecule has 0 saturated heterocycles. The number of aliphatic hydroxyl groups excluding tert-OH is 1. The molecule has 0 fully saturated rings. The summed E-state index contributed by atoms with van der Waals surface area (Å²) in [6.07, 6.45) is 0.602. The number of benzene rings is 1. The van der Waals surface area contributed by atoms with Crippen LogP contribution in [0.25, 0.3) is 5.69 Å². The van der Waals surface area contributed by atoms with E-state index in [1.54, 1.807) is 24.3 Å². The summed E-state index contributed by atoms with van der Waals surface area (Å²) in [6, 6.07) is 7.06. The molecule has 6 nitrogen and oxygen atoms in total. The molecule has 2 aromatic rings. The Hall–Kier alpha value is -2.47. The second-order valence-electron chi connectivity index (χ2n) is 4.97. The SMILES string of the molecule is CC(=O)c1nn(-c2ccc(CO)cc2)c2c1CCNC2=O. The molecule has 1 aromatic carbocycles. The molecule has 0 unspecified atom stereocenters. The molecule has 108 valence electrons. The molecular formula is C15H15N3O3. The molecule has 1 aliphatic heterocycles. The zero-order chi connectivity index (χ0) is 15.0. The largest absolute Gasteiger partial charge is 0.392 e. The highest BCUT2D eigenvalue weighted by molar-refractivity contribution is 6.01. The van der Waals surface area contributed by atoms with Gasteiger partial charge < -0.3 is 10.4 Å². The number of carbonyl (C=O) groups excluding carboxylic acids is 2. The fourth-order valence-corrected chi connectivity index (χ4v) is 2.52. The minimum absolute atomic E-state index is 0.0450. The molecule has 3 rings (SSSR count). The van der Waals surface area contributed by atoms with Crippen molar-refractivity contribution in [1.29, 1.82) is 0 Å². The fourth-order valence-electron chi connectivity index (χ4n) is 2.52. The van der Waals surface area contributed by atoms with Gasteiger partial charge in [-0.05, 0) is 24.1 Å². The number of aliphatic hydroxyl groups is 1. The van der Waals surface area contributed by atoms with Crippen LogP contribution < -0.4 is 5.32 Å². The monoisotopic (exact) mass is 285 g/mol. The number of nitrogens with one attached hydrogen (secondary N) is 1. The molecule has 0 spiro atoms. The molecule has 0 radical (unpaired) electrons. The van der Waals surface area contributed by atoms with Gasteiger partial charge >= 0.3 is 0 Å². The average Bonchev–Trinajstić information content (AvgIpc) is 2.88. The summed E-state index contributed by atoms with van der Waals surface area (Å²) in [7, 11) is 0. The van der Waals surface area contributed by atoms with E-state index in [0.29, 0.717) is 35.6 Å². The van der Waals surface area contributed by atoms with Gasteiger partial charge in [-0.2, -0.15) is 5.10 Å². The minimum atomic E-state index is -0.220. The van der Waals surface area contributed by atoms with E-state index in [9.17, 15) is 9.59 Å². The number of aromatic nitrogens is 2. The van der Waals surface area contributed by atoms with Crippen LogP contribution in [-0.2, 0) is 13.0 Å². The third kappa shape index (κ3) is 2.23. The van der Waals surface area contributed by atoms with Crippen LogP contribution in [0.15, 0.2) is 24.3 Å². The van der Waals surface area contributed by atoms with Crippen molar-refractivity contribution in [3.63, 3.8) is 0 Å². The first-order chi connectivity index (χ1) is 10.1. The summed E-state index contributed by atoms with van der Waals surface area (Å²) in [5.41, 5.74) is 2.94. The highest BCUT2D eigenvalue weighted by atomic mass is 16.3. The molecule has 21 heavy (non-hydrogen) atoms. The lowest BCUT2D eigenvalue weighted by atomic mass is 10.0. The van der Waals surface area contributed by atoms with Gasteiger partial charge in [0.25, 0.3) is 5.91 Å². The Balaban J connectivity index is 2.17. The number of Topliss-reactive ketones (excluding diaryl/α,β-unsaturated/α-hetero) is 1. The van der Waals surface area contributed by atoms with Crippen LogP contribution in [0.1, 0.15) is 39.0 Å². The predicted molar refractivity (Wildman–Crippen MR) is 75.5 cm³/mol. The summed E-state index contributed by atoms with van der Waals surface area (Å²) in [5.74, 6) is -0.367. The second-order valence-corrected chi connectivity index (χ2v) is 4.97. The number of nitrogens with zero attached hydrogens (tertiary/aromatic N) is 2. The molecule has 1 aromatic heterocycles. The van der Waals surface area contributed by atoms with Gasteiger partial charge in [0.1, 0.15) is 11.4 Å². The molecule has 0 aliphatic carbocycles. The second kappa shape index (κ2) is 5.14. The summed E-state index contributed by atoms with van der Waals surface area (Å²) >= 11 is 0. The summed E-state index contributed by atoms with van der Waals surface area (Å²) in [5, 5.41) is 16.2. The van der Waals surface area contributed by atoms with E-state index in [0.717, 1.165) is 5.56 Å². The van der Waals surface area contributed by atoms with Gasteiger partial charge in [0, 0.05) is 19.0 Å². The van der Waals surface area contributed by atoms with Gasteiger partial charge in [0.15, 0.2) is 5.78 Å². The van der Waals surface area contributed by atoms with Crippen molar-refractivity contribution >= 4 is 11.7 Å². The molecule has 2 heterocycles. The summed E-state index contributed by atoms with van der Waals surface area (Å²) in [6.45, 7) is 1.92. The Morgan fingerprint density at radius 3 is 2.71 bits per heavy atom. The van der Waals surface area contributed by atoms with E-state index in [1.165, 1.54) is 11.6 Å². The Labute approximate surface area is 121 Å². The maximum Gasteiger partial charge on any atom is 0.270 e. The lowest BCUT2D eigenvalue weighted by molar-refractivity contribution is 0.0938. The quantitative estimate of drug-likeness (QED) is 0.819. The van der Waals surface area contributed by atoms with Crippen LogP contribution in [-0.4, -0.2) is 33.1 Å². The van der Waals surface area contributed by atoms with E-state index in [1.807, 2.05) is 0 Å². The third-order valence-electron chi connectivity index (χ3n) is 3.56. The molecular weight excluding hydrogens is 270 g/mol. The Kier molecular flexibility index (Phi) is 3.31. The van der Waals surface area contributed by atoms with Gasteiger partial charge in [-0.1, -0.05) is 12.1 Å². The predicted octanol–water partition coefficient (Wildman–Crippen LogP) is 0.853. The number of hydrogen-bond acceptors (Lipinski definition) is 4. The topological polar surface area (TPSA) is 84.2 Å². The van der Waals surface area contributed by atoms with E-state index >= 15 is 0 Å². The van der Waals surface area contributed by atoms with Gasteiger partial charge in [-0.25, -0.2) is 4.68 Å². The molecule has 1 amide bonds. The molecule has 2 N–H and O–H groups in total. The van der Waals surface area contributed by atoms with Crippen molar-refractivity contribution in [2.24, 2.45) is 0 Å². The van der Waals surface area contributed by atoms with Crippen LogP contribution in [0.3, 0.4) is 0 Å². The molecule has 0 bridgehead atoms. The maximum absolute atomic E-state index is 12.1. The highest BCUT2D eigenvalue weighted by Gasteiger charge is 2.28. The minimum Gasteiger partial charge on any atom is -0.392 e. The maximum atomic E-state index is 12.1. The lowest BCUT2D eigenvalue weighted by Gasteiger charge is -2.14. The van der Waals surface area contributed by atoms with E-state index < -0.39 is 0 Å². The van der Waals surface area contributed by atoms with Crippen LogP contribution >= 0.6 is 0 Å². The Morgan fingerprint density at radius 2 is 2.10 bits per heavy atom. The van der Waals surface area contributed by atoms with Crippen molar-refractivity contribution < 1.29 is 14.7 Å². The zero-order valence-corrected chi connectivity index (χ0v) is 11.6. The van der Waals surface area contributed by atoms with Crippen molar-refractivity contribution in [2.75, 3.05) is 6.54 Å². The molecule has 6 heteroatoms. The number of ketones is 1. The number of carbonyl (C=O) groups is 2. The van der Waals surface area contributed by atoms with Crippen molar-refractivity contribution in [1.82, 2.24) is 15.1 Å². The van der Waals surface area contributed by atoms with Crippen LogP contribution in [0.4, 0.5) is 0 Å². The first-order valence-corrected chi connectivity index (χ1v) is 6.73. The first-order valence-electron chi connectivity index (χ1n) is 6.73. The van der Waals surface area contributed by atoms with Gasteiger partial charge in [0.2, 0.25) is 0 Å². The van der Waals surface area contributed by atoms with Crippen LogP contribution in [0.2, 0.25) is 0 Å². The smallest absolute Gasteiger partial charge is 0.270 e. The molecule has 1 aliphatic rings. The first kappa shape index (κ1) is 13.5. The number of rotatable bonds is 3. The van der Waals surface area contributed by atoms with Crippen molar-refractivity contribution in [2.45, 2.75) is 20.0 Å². The fraction of sp³-hybridized carbons (Fsp3) is 0.267. The third-order valence-corrected chi connectivity index (χ3v) is 3.56. The van der Waals surface area contributed by atoms with Crippen molar-refractivity contribution in [3.8, 4) is 5.69 Å². The van der Waals surface area contributed by atoms with E-state index in [-0.39, 0.29) is 18.3 Å². The normalized spacial score (nSPS) is 13.7. The van der Waals surface area contributed by atoms with Gasteiger partial charge in [0.05, 0.1) is 12.3 Å². The van der Waals surface area contributed by atoms with Gasteiger partial charge in [-0.3, -0.25) is 9.59 Å². The molecule has 0 saturated carbocycles. The van der Waals surface area contributed by atoms with Crippen LogP contribution in [0, 0.1) is 0 Å². The summed E-state index contributed by atoms with van der Waals surface area (Å²) < 4.78 is 1.50. The van der Waals surface area contributed by atoms with E-state index in [4.69, 9.17) is 5.11 Å². The number of fused-ring (bicyclic) bond motifs is 1. The van der Waals surface area contributed by atoms with E-state index in [2.05, 4.69) is 10.4 Å².